The molecule has 1 rings (SSSR count). The Labute approximate surface area is 114 Å². The smallest absolute Gasteiger partial charge is 0.328 e. The molecular weight excluding hydrogens is 268 g/mol. The van der Waals surface area contributed by atoms with E-state index in [-0.39, 0.29) is 11.8 Å². The number of hydrogen-bond donors (Lipinski definition) is 3. The minimum absolute atomic E-state index is 0.147. The summed E-state index contributed by atoms with van der Waals surface area (Å²) in [6.07, 6.45) is 2.45. The van der Waals surface area contributed by atoms with Crippen LogP contribution < -0.4 is 10.6 Å². The Bertz CT molecular complexity index is 508. The molecule has 0 saturated carbocycles. The molecule has 0 unspecified atom stereocenters. The molecule has 3 N–H and O–H groups in total. The van der Waals surface area contributed by atoms with E-state index >= 15 is 0 Å². The average molecular weight is 282 g/mol. The number of nitrogens with one attached hydrogen (secondary N) is 2. The monoisotopic (exact) mass is 282 g/mol. The quantitative estimate of drug-likeness (QED) is 0.529. The van der Waals surface area contributed by atoms with Crippen LogP contribution in [0.2, 0.25) is 0 Å². The van der Waals surface area contributed by atoms with E-state index in [4.69, 9.17) is 5.11 Å². The Morgan fingerprint density at radius 1 is 1.26 bits per heavy atom. The first-order chi connectivity index (χ1) is 8.99. The number of rotatable bonds is 6. The molecular formula is C12H14N2O4S. The van der Waals surface area contributed by atoms with Crippen molar-refractivity contribution in [3.8, 4) is 0 Å². The molecule has 0 aliphatic rings. The Hall–Kier alpha value is -2.15. The largest absolute Gasteiger partial charge is 0.478 e. The highest BCUT2D eigenvalue weighted by Crippen LogP contribution is 2.17. The first kappa shape index (κ1) is 14.9. The number of carbonyl (C=O) groups is 3. The summed E-state index contributed by atoms with van der Waals surface area (Å²) in [5.74, 6) is -1.42. The third-order valence-electron chi connectivity index (χ3n) is 2.03. The lowest BCUT2D eigenvalue weighted by atomic mass is 10.4. The van der Waals surface area contributed by atoms with Crippen molar-refractivity contribution in [1.82, 2.24) is 10.6 Å². The zero-order valence-corrected chi connectivity index (χ0v) is 11.1. The highest BCUT2D eigenvalue weighted by atomic mass is 32.1. The van der Waals surface area contributed by atoms with Gasteiger partial charge in [-0.2, -0.15) is 0 Å². The van der Waals surface area contributed by atoms with Crippen LogP contribution in [0.4, 0.5) is 0 Å². The van der Waals surface area contributed by atoms with Crippen LogP contribution in [0.15, 0.2) is 18.2 Å². The molecule has 0 aliphatic carbocycles. The van der Waals surface area contributed by atoms with Gasteiger partial charge in [-0.25, -0.2) is 4.79 Å². The number of aliphatic carboxylic acids is 1. The maximum atomic E-state index is 11.7. The van der Waals surface area contributed by atoms with Gasteiger partial charge in [0, 0.05) is 31.0 Å². The lowest BCUT2D eigenvalue weighted by molar-refractivity contribution is -0.131. The van der Waals surface area contributed by atoms with Gasteiger partial charge in [-0.15, -0.1) is 11.3 Å². The molecule has 0 atom stereocenters. The molecule has 0 saturated heterocycles. The van der Waals surface area contributed by atoms with Crippen LogP contribution in [-0.4, -0.2) is 36.0 Å². The summed E-state index contributed by atoms with van der Waals surface area (Å²) in [4.78, 5) is 33.8. The van der Waals surface area contributed by atoms with Crippen LogP contribution in [0.5, 0.6) is 0 Å². The van der Waals surface area contributed by atoms with Crippen molar-refractivity contribution in [2.75, 3.05) is 13.1 Å². The normalized spacial score (nSPS) is 10.4. The fraction of sp³-hybridized carbons (Fsp3) is 0.250. The van der Waals surface area contributed by atoms with Crippen LogP contribution in [-0.2, 0) is 9.59 Å². The molecule has 102 valence electrons. The van der Waals surface area contributed by atoms with Crippen molar-refractivity contribution in [1.29, 1.82) is 0 Å². The number of carboxylic acids is 1. The molecule has 2 amide bonds. The highest BCUT2D eigenvalue weighted by molar-refractivity contribution is 7.14. The zero-order valence-electron chi connectivity index (χ0n) is 10.3. The van der Waals surface area contributed by atoms with Gasteiger partial charge in [-0.1, -0.05) is 0 Å². The number of thiophene rings is 1. The summed E-state index contributed by atoms with van der Waals surface area (Å²) >= 11 is 1.20. The summed E-state index contributed by atoms with van der Waals surface area (Å²) < 4.78 is 0. The zero-order chi connectivity index (χ0) is 14.3. The van der Waals surface area contributed by atoms with Crippen LogP contribution in [0, 0.1) is 0 Å². The van der Waals surface area contributed by atoms with E-state index in [0.29, 0.717) is 22.8 Å². The second kappa shape index (κ2) is 7.32. The van der Waals surface area contributed by atoms with Gasteiger partial charge in [0.2, 0.25) is 5.91 Å². The third-order valence-corrected chi connectivity index (χ3v) is 3.07. The first-order valence-electron chi connectivity index (χ1n) is 5.52. The Balaban J connectivity index is 2.45. The van der Waals surface area contributed by atoms with E-state index < -0.39 is 5.97 Å². The van der Waals surface area contributed by atoms with E-state index in [9.17, 15) is 14.4 Å². The van der Waals surface area contributed by atoms with Crippen LogP contribution in [0.1, 0.15) is 21.5 Å². The van der Waals surface area contributed by atoms with Crippen LogP contribution in [0.25, 0.3) is 6.08 Å². The van der Waals surface area contributed by atoms with Crippen molar-refractivity contribution >= 4 is 35.2 Å². The minimum Gasteiger partial charge on any atom is -0.478 e. The molecule has 1 aromatic heterocycles. The standard InChI is InChI=1S/C12H14N2O4S/c1-8(15)13-6-7-14-12(18)10-4-2-9(19-10)3-5-11(16)17/h2-5H,6-7H2,1H3,(H,13,15)(H,14,18)(H,16,17). The molecule has 0 aliphatic heterocycles. The molecule has 0 fully saturated rings. The van der Waals surface area contributed by atoms with Gasteiger partial charge in [-0.3, -0.25) is 9.59 Å². The Morgan fingerprint density at radius 3 is 2.58 bits per heavy atom. The molecule has 0 bridgehead atoms. The lowest BCUT2D eigenvalue weighted by Crippen LogP contribution is -2.33. The molecule has 7 heteroatoms. The summed E-state index contributed by atoms with van der Waals surface area (Å²) in [6.45, 7) is 2.12. The van der Waals surface area contributed by atoms with Gasteiger partial charge < -0.3 is 15.7 Å². The van der Waals surface area contributed by atoms with Crippen molar-refractivity contribution in [3.63, 3.8) is 0 Å². The van der Waals surface area contributed by atoms with Gasteiger partial charge in [0.05, 0.1) is 4.88 Å². The first-order valence-corrected chi connectivity index (χ1v) is 6.34. The SMILES string of the molecule is CC(=O)NCCNC(=O)c1ccc(C=CC(=O)O)s1. The Kier molecular flexibility index (Phi) is 5.74. The maximum Gasteiger partial charge on any atom is 0.328 e. The van der Waals surface area contributed by atoms with Crippen molar-refractivity contribution in [2.24, 2.45) is 0 Å². The van der Waals surface area contributed by atoms with E-state index in [2.05, 4.69) is 10.6 Å². The maximum absolute atomic E-state index is 11.7. The predicted octanol–water partition coefficient (Wildman–Crippen LogP) is 0.712. The van der Waals surface area contributed by atoms with Crippen LogP contribution in [0.3, 0.4) is 0 Å². The van der Waals surface area contributed by atoms with Gasteiger partial charge in [0.1, 0.15) is 0 Å². The average Bonchev–Trinajstić information content (AvgIpc) is 2.80. The molecule has 1 heterocycles. The summed E-state index contributed by atoms with van der Waals surface area (Å²) in [5, 5.41) is 13.7. The Morgan fingerprint density at radius 2 is 1.95 bits per heavy atom. The van der Waals surface area contributed by atoms with E-state index in [0.717, 1.165) is 6.08 Å². The fourth-order valence-corrected chi connectivity index (χ4v) is 2.05. The lowest BCUT2D eigenvalue weighted by Gasteiger charge is -2.03. The highest BCUT2D eigenvalue weighted by Gasteiger charge is 2.07. The number of hydrogen-bond acceptors (Lipinski definition) is 4. The third kappa shape index (κ3) is 5.82. The topological polar surface area (TPSA) is 95.5 Å². The molecule has 19 heavy (non-hydrogen) atoms. The van der Waals surface area contributed by atoms with E-state index in [1.807, 2.05) is 0 Å². The molecule has 0 aromatic carbocycles. The molecule has 1 aromatic rings. The van der Waals surface area contributed by atoms with Crippen molar-refractivity contribution in [3.05, 3.63) is 28.0 Å². The second-order valence-corrected chi connectivity index (χ2v) is 4.73. The number of carboxylic acid groups (broad SMARTS) is 1. The fourth-order valence-electron chi connectivity index (χ4n) is 1.22. The number of carbonyl (C=O) groups excluding carboxylic acids is 2. The van der Waals surface area contributed by atoms with Crippen molar-refractivity contribution in [2.45, 2.75) is 6.92 Å². The van der Waals surface area contributed by atoms with Gasteiger partial charge in [0.15, 0.2) is 0 Å². The molecule has 6 nitrogen and oxygen atoms in total. The molecule has 0 spiro atoms. The summed E-state index contributed by atoms with van der Waals surface area (Å²) in [7, 11) is 0. The predicted molar refractivity (Wildman–Crippen MR) is 72.0 cm³/mol. The van der Waals surface area contributed by atoms with E-state index in [1.54, 1.807) is 12.1 Å². The minimum atomic E-state index is -1.03. The molecule has 0 radical (unpaired) electrons. The van der Waals surface area contributed by atoms with Crippen molar-refractivity contribution < 1.29 is 19.5 Å². The number of amides is 2. The summed E-state index contributed by atoms with van der Waals surface area (Å²) in [6, 6.07) is 3.30. The summed E-state index contributed by atoms with van der Waals surface area (Å²) in [5.41, 5.74) is 0. The van der Waals surface area contributed by atoms with Crippen LogP contribution >= 0.6 is 11.3 Å². The van der Waals surface area contributed by atoms with Gasteiger partial charge >= 0.3 is 5.97 Å². The van der Waals surface area contributed by atoms with Gasteiger partial charge in [0.25, 0.3) is 5.91 Å². The van der Waals surface area contributed by atoms with E-state index in [1.165, 1.54) is 24.3 Å². The second-order valence-electron chi connectivity index (χ2n) is 3.61. The van der Waals surface area contributed by atoms with Gasteiger partial charge in [-0.05, 0) is 18.2 Å².